The molecule has 3 amide bonds. The molecule has 1 N–H and O–H groups in total. The fourth-order valence-electron chi connectivity index (χ4n) is 6.11. The van der Waals surface area contributed by atoms with Gasteiger partial charge in [-0.25, -0.2) is 4.90 Å². The molecule has 3 unspecified atom stereocenters. The highest BCUT2D eigenvalue weighted by Gasteiger charge is 2.56. The van der Waals surface area contributed by atoms with Crippen LogP contribution in [-0.4, -0.2) is 41.6 Å². The maximum Gasteiger partial charge on any atom is 0.308 e. The molecule has 2 aliphatic heterocycles. The van der Waals surface area contributed by atoms with Gasteiger partial charge in [-0.2, -0.15) is 0 Å². The van der Waals surface area contributed by atoms with E-state index in [1.54, 1.807) is 24.3 Å². The van der Waals surface area contributed by atoms with Crippen LogP contribution in [0.1, 0.15) is 16.4 Å². The minimum absolute atomic E-state index is 0.229. The molecule has 1 fully saturated rings. The molecule has 5 aromatic rings. The van der Waals surface area contributed by atoms with Crippen LogP contribution in [0.5, 0.6) is 0 Å². The molecule has 7 rings (SSSR count). The second-order valence-electron chi connectivity index (χ2n) is 11.2. The molecule has 2 aliphatic rings. The Morgan fingerprint density at radius 1 is 0.889 bits per heavy atom. The average Bonchev–Trinajstić information content (AvgIpc) is 3.48. The summed E-state index contributed by atoms with van der Waals surface area (Å²) in [6, 6.07) is 27.8. The van der Waals surface area contributed by atoms with Crippen LogP contribution in [0, 0.1) is 5.92 Å². The Balaban J connectivity index is 1.28. The molecule has 0 aliphatic carbocycles. The van der Waals surface area contributed by atoms with E-state index in [1.807, 2.05) is 85.7 Å². The number of thiazole rings is 1. The van der Waals surface area contributed by atoms with Gasteiger partial charge in [0.25, 0.3) is 0 Å². The van der Waals surface area contributed by atoms with Gasteiger partial charge in [-0.15, -0.1) is 0 Å². The summed E-state index contributed by atoms with van der Waals surface area (Å²) < 4.78 is 1.44. The number of anilines is 3. The summed E-state index contributed by atoms with van der Waals surface area (Å²) in [7, 11) is 3.89. The van der Waals surface area contributed by atoms with Crippen LogP contribution in [0.4, 0.5) is 17.1 Å². The summed E-state index contributed by atoms with van der Waals surface area (Å²) in [5.41, 5.74) is 2.90. The highest BCUT2D eigenvalue weighted by molar-refractivity contribution is 8.00. The first-order valence-electron chi connectivity index (χ1n) is 14.3. The molecule has 8 nitrogen and oxygen atoms in total. The van der Waals surface area contributed by atoms with E-state index in [0.29, 0.717) is 26.3 Å². The zero-order chi connectivity index (χ0) is 31.4. The number of nitrogens with zero attached hydrogens (tertiary/aromatic N) is 3. The second kappa shape index (κ2) is 11.5. The smallest absolute Gasteiger partial charge is 0.308 e. The Labute approximate surface area is 272 Å². The lowest BCUT2D eigenvalue weighted by molar-refractivity contribution is -0.122. The number of fused-ring (bicyclic) bond motifs is 3. The lowest BCUT2D eigenvalue weighted by Gasteiger charge is -2.31. The molecule has 11 heteroatoms. The van der Waals surface area contributed by atoms with Crippen molar-refractivity contribution in [2.24, 2.45) is 5.92 Å². The quantitative estimate of drug-likeness (QED) is 0.219. The first-order chi connectivity index (χ1) is 21.7. The van der Waals surface area contributed by atoms with E-state index in [4.69, 9.17) is 11.6 Å². The normalized spacial score (nSPS) is 19.0. The van der Waals surface area contributed by atoms with Crippen molar-refractivity contribution < 1.29 is 14.4 Å². The van der Waals surface area contributed by atoms with Crippen LogP contribution >= 0.6 is 34.7 Å². The average molecular weight is 655 g/mol. The number of rotatable bonds is 6. The third kappa shape index (κ3) is 5.12. The zero-order valence-electron chi connectivity index (χ0n) is 24.3. The Bertz CT molecular complexity index is 2030. The molecule has 0 bridgehead atoms. The van der Waals surface area contributed by atoms with Crippen LogP contribution in [0.3, 0.4) is 0 Å². The van der Waals surface area contributed by atoms with Gasteiger partial charge in [-0.3, -0.25) is 23.7 Å². The predicted molar refractivity (Wildman–Crippen MR) is 181 cm³/mol. The van der Waals surface area contributed by atoms with Crippen molar-refractivity contribution >= 4 is 80.3 Å². The van der Waals surface area contributed by atoms with Gasteiger partial charge in [0, 0.05) is 46.7 Å². The van der Waals surface area contributed by atoms with Crippen LogP contribution in [0.2, 0.25) is 5.02 Å². The summed E-state index contributed by atoms with van der Waals surface area (Å²) in [6.07, 6.45) is 0. The molecule has 226 valence electrons. The van der Waals surface area contributed by atoms with Crippen molar-refractivity contribution in [3.63, 3.8) is 0 Å². The first-order valence-corrected chi connectivity index (χ1v) is 16.4. The molecule has 0 radical (unpaired) electrons. The van der Waals surface area contributed by atoms with E-state index in [2.05, 4.69) is 5.32 Å². The summed E-state index contributed by atoms with van der Waals surface area (Å²) in [6.45, 7) is -0.229. The predicted octanol–water partition coefficient (Wildman–Crippen LogP) is 6.22. The maximum atomic E-state index is 14.1. The molecule has 1 aromatic heterocycles. The number of hydrogen-bond donors (Lipinski definition) is 1. The van der Waals surface area contributed by atoms with Gasteiger partial charge in [0.1, 0.15) is 11.8 Å². The van der Waals surface area contributed by atoms with Crippen LogP contribution in [-0.2, 0) is 20.9 Å². The number of halogens is 1. The minimum Gasteiger partial charge on any atom is -0.378 e. The number of imide groups is 1. The van der Waals surface area contributed by atoms with Crippen molar-refractivity contribution in [3.05, 3.63) is 116 Å². The number of carbonyl (C=O) groups excluding carboxylic acids is 3. The highest BCUT2D eigenvalue weighted by atomic mass is 35.5. The van der Waals surface area contributed by atoms with E-state index in [9.17, 15) is 19.2 Å². The van der Waals surface area contributed by atoms with Crippen molar-refractivity contribution in [1.29, 1.82) is 0 Å². The lowest BCUT2D eigenvalue weighted by atomic mass is 9.83. The minimum atomic E-state index is -0.777. The Morgan fingerprint density at radius 3 is 2.33 bits per heavy atom. The second-order valence-corrected chi connectivity index (χ2v) is 13.8. The van der Waals surface area contributed by atoms with Gasteiger partial charge < -0.3 is 10.2 Å². The van der Waals surface area contributed by atoms with Crippen LogP contribution in [0.15, 0.2) is 101 Å². The van der Waals surface area contributed by atoms with Crippen molar-refractivity contribution in [2.45, 2.75) is 22.7 Å². The molecule has 3 atom stereocenters. The standard InChI is InChI=1S/C34H27ClN4O4S2/c1-37(2)22-14-10-20(11-15-22)27-28-29(32(42)39(31(28)41)23-16-12-21(35)13-17-23)44-33-30(27)45-34(43)38(33)18-26(40)36-25-9-5-7-19-6-3-4-8-24(19)25/h3-17,27-29H,18H2,1-2H3,(H,36,40). The maximum absolute atomic E-state index is 14.1. The molecule has 1 saturated heterocycles. The van der Waals surface area contributed by atoms with Gasteiger partial charge >= 0.3 is 4.87 Å². The highest BCUT2D eigenvalue weighted by Crippen LogP contribution is 2.54. The van der Waals surface area contributed by atoms with Gasteiger partial charge in [0.05, 0.1) is 16.6 Å². The Kier molecular flexibility index (Phi) is 7.51. The number of hydrogen-bond acceptors (Lipinski definition) is 7. The number of aromatic nitrogens is 1. The number of nitrogens with one attached hydrogen (secondary N) is 1. The lowest BCUT2D eigenvalue weighted by Crippen LogP contribution is -2.33. The van der Waals surface area contributed by atoms with Crippen molar-refractivity contribution in [2.75, 3.05) is 29.2 Å². The van der Waals surface area contributed by atoms with Crippen molar-refractivity contribution in [1.82, 2.24) is 4.57 Å². The number of thioether (sulfide) groups is 1. The molecular formula is C34H27ClN4O4S2. The van der Waals surface area contributed by atoms with Gasteiger partial charge in [-0.05, 0) is 53.4 Å². The monoisotopic (exact) mass is 654 g/mol. The van der Waals surface area contributed by atoms with Gasteiger partial charge in [-0.1, -0.05) is 83.2 Å². The van der Waals surface area contributed by atoms with E-state index < -0.39 is 17.1 Å². The SMILES string of the molecule is CN(C)c1ccc(C2c3sc(=O)n(CC(=O)Nc4cccc5ccccc45)c3SC3C(=O)N(c4ccc(Cl)cc4)C(=O)C32)cc1. The summed E-state index contributed by atoms with van der Waals surface area (Å²) in [5, 5.41) is 5.10. The van der Waals surface area contributed by atoms with Gasteiger partial charge in [0.15, 0.2) is 0 Å². The summed E-state index contributed by atoms with van der Waals surface area (Å²) >= 11 is 8.31. The van der Waals surface area contributed by atoms with Crippen LogP contribution in [0.25, 0.3) is 10.8 Å². The topological polar surface area (TPSA) is 91.7 Å². The fraction of sp³-hybridized carbons (Fsp3) is 0.176. The van der Waals surface area contributed by atoms with E-state index in [1.165, 1.54) is 21.2 Å². The summed E-state index contributed by atoms with van der Waals surface area (Å²) in [5.74, 6) is -2.32. The number of benzene rings is 4. The fourth-order valence-corrected chi connectivity index (χ4v) is 9.01. The van der Waals surface area contributed by atoms with E-state index in [0.717, 1.165) is 33.4 Å². The molecule has 3 heterocycles. The summed E-state index contributed by atoms with van der Waals surface area (Å²) in [4.78, 5) is 58.5. The zero-order valence-corrected chi connectivity index (χ0v) is 26.7. The Hall–Kier alpha value is -4.38. The van der Waals surface area contributed by atoms with Crippen molar-refractivity contribution in [3.8, 4) is 0 Å². The number of amides is 3. The van der Waals surface area contributed by atoms with E-state index >= 15 is 0 Å². The third-order valence-electron chi connectivity index (χ3n) is 8.27. The molecule has 45 heavy (non-hydrogen) atoms. The van der Waals surface area contributed by atoms with E-state index in [-0.39, 0.29) is 29.1 Å². The molecule has 0 spiro atoms. The first kappa shape index (κ1) is 29.3. The molecular weight excluding hydrogens is 628 g/mol. The van der Waals surface area contributed by atoms with Crippen LogP contribution < -0.4 is 20.0 Å². The molecule has 4 aromatic carbocycles. The largest absolute Gasteiger partial charge is 0.378 e. The number of carbonyl (C=O) groups is 3. The van der Waals surface area contributed by atoms with Gasteiger partial charge in [0.2, 0.25) is 17.7 Å². The molecule has 0 saturated carbocycles. The third-order valence-corrected chi connectivity index (χ3v) is 11.1. The Morgan fingerprint density at radius 2 is 1.60 bits per heavy atom.